The average molecular weight is 409 g/mol. The number of aryl methyl sites for hydroxylation is 1. The molecule has 2 atom stereocenters. The summed E-state index contributed by atoms with van der Waals surface area (Å²) < 4.78 is 23.3. The second-order valence-electron chi connectivity index (χ2n) is 6.78. The van der Waals surface area contributed by atoms with E-state index in [-0.39, 0.29) is 23.5 Å². The van der Waals surface area contributed by atoms with Crippen molar-refractivity contribution in [3.8, 4) is 11.4 Å². The Morgan fingerprint density at radius 2 is 2.07 bits per heavy atom. The van der Waals surface area contributed by atoms with Crippen LogP contribution in [0.5, 0.6) is 0 Å². The third-order valence-corrected chi connectivity index (χ3v) is 7.53. The number of benzene rings is 1. The van der Waals surface area contributed by atoms with Gasteiger partial charge in [-0.05, 0) is 25.3 Å². The van der Waals surface area contributed by atoms with E-state index in [1.807, 2.05) is 12.1 Å². The maximum Gasteiger partial charge on any atom is 0.235 e. The molecule has 146 valence electrons. The Hall–Kier alpha value is -1.87. The van der Waals surface area contributed by atoms with Crippen LogP contribution in [0.4, 0.5) is 0 Å². The van der Waals surface area contributed by atoms with E-state index in [0.29, 0.717) is 17.4 Å². The molecule has 7 nitrogen and oxygen atoms in total. The van der Waals surface area contributed by atoms with Crippen molar-refractivity contribution in [3.63, 3.8) is 0 Å². The zero-order chi connectivity index (χ0) is 19.6. The standard InChI is InChI=1S/C18H24N4O3S2/c1-4-13-5-7-14(8-6-13)16-19-18(21-20-16)26-12(2)17(23)22(3)15-9-10-27(24,25)11-15/h5-8,12,15H,4,9-11H2,1-3H3,(H,19,20,21). The van der Waals surface area contributed by atoms with Crippen LogP contribution in [0.1, 0.15) is 25.8 Å². The molecule has 0 bridgehead atoms. The number of aromatic amines is 1. The molecule has 1 aliphatic heterocycles. The molecule has 0 spiro atoms. The van der Waals surface area contributed by atoms with Crippen LogP contribution in [0, 0.1) is 0 Å². The second kappa shape index (κ2) is 8.02. The molecular weight excluding hydrogens is 384 g/mol. The van der Waals surface area contributed by atoms with Crippen LogP contribution in [0.3, 0.4) is 0 Å². The number of aromatic nitrogens is 3. The van der Waals surface area contributed by atoms with Crippen molar-refractivity contribution in [2.45, 2.75) is 43.1 Å². The first kappa shape index (κ1) is 19.9. The minimum atomic E-state index is -3.02. The summed E-state index contributed by atoms with van der Waals surface area (Å²) >= 11 is 1.27. The average Bonchev–Trinajstić information content (AvgIpc) is 3.26. The first-order valence-corrected chi connectivity index (χ1v) is 11.6. The molecule has 9 heteroatoms. The van der Waals surface area contributed by atoms with Gasteiger partial charge < -0.3 is 4.90 Å². The molecule has 27 heavy (non-hydrogen) atoms. The number of sulfone groups is 1. The Bertz CT molecular complexity index is 909. The lowest BCUT2D eigenvalue weighted by atomic mass is 10.1. The van der Waals surface area contributed by atoms with E-state index >= 15 is 0 Å². The fourth-order valence-corrected chi connectivity index (χ4v) is 5.68. The normalized spacial score (nSPS) is 19.7. The molecule has 1 aromatic heterocycles. The molecule has 1 amide bonds. The van der Waals surface area contributed by atoms with Gasteiger partial charge in [0.25, 0.3) is 0 Å². The minimum Gasteiger partial charge on any atom is -0.341 e. The zero-order valence-corrected chi connectivity index (χ0v) is 17.3. The molecule has 1 N–H and O–H groups in total. The van der Waals surface area contributed by atoms with E-state index in [2.05, 4.69) is 34.2 Å². The molecular formula is C18H24N4O3S2. The SMILES string of the molecule is CCc1ccc(-c2nc(SC(C)C(=O)N(C)C3CCS(=O)(=O)C3)n[nH]2)cc1. The van der Waals surface area contributed by atoms with Crippen molar-refractivity contribution < 1.29 is 13.2 Å². The van der Waals surface area contributed by atoms with Crippen molar-refractivity contribution in [2.24, 2.45) is 0 Å². The Morgan fingerprint density at radius 3 is 2.67 bits per heavy atom. The van der Waals surface area contributed by atoms with Crippen LogP contribution in [0.15, 0.2) is 29.4 Å². The van der Waals surface area contributed by atoms with Gasteiger partial charge in [0.2, 0.25) is 11.1 Å². The minimum absolute atomic E-state index is 0.0468. The van der Waals surface area contributed by atoms with E-state index in [0.717, 1.165) is 12.0 Å². The van der Waals surface area contributed by atoms with E-state index < -0.39 is 15.1 Å². The summed E-state index contributed by atoms with van der Waals surface area (Å²) in [4.78, 5) is 18.7. The van der Waals surface area contributed by atoms with Crippen molar-refractivity contribution in [1.29, 1.82) is 0 Å². The van der Waals surface area contributed by atoms with Crippen molar-refractivity contribution in [3.05, 3.63) is 29.8 Å². The lowest BCUT2D eigenvalue weighted by molar-refractivity contribution is -0.130. The highest BCUT2D eigenvalue weighted by Gasteiger charge is 2.34. The molecule has 1 saturated heterocycles. The molecule has 2 heterocycles. The predicted molar refractivity (Wildman–Crippen MR) is 106 cm³/mol. The number of hydrogen-bond donors (Lipinski definition) is 1. The van der Waals surface area contributed by atoms with Crippen LogP contribution in [-0.4, -0.2) is 64.3 Å². The van der Waals surface area contributed by atoms with Crippen molar-refractivity contribution >= 4 is 27.5 Å². The Labute approximate surface area is 163 Å². The molecule has 2 unspecified atom stereocenters. The molecule has 1 aromatic carbocycles. The van der Waals surface area contributed by atoms with Crippen LogP contribution >= 0.6 is 11.8 Å². The maximum atomic E-state index is 12.6. The van der Waals surface area contributed by atoms with E-state index in [9.17, 15) is 13.2 Å². The highest BCUT2D eigenvalue weighted by Crippen LogP contribution is 2.25. The van der Waals surface area contributed by atoms with Crippen LogP contribution in [0.2, 0.25) is 0 Å². The van der Waals surface area contributed by atoms with E-state index in [4.69, 9.17) is 0 Å². The van der Waals surface area contributed by atoms with Gasteiger partial charge in [0.15, 0.2) is 15.7 Å². The van der Waals surface area contributed by atoms with Gasteiger partial charge in [0.05, 0.1) is 16.8 Å². The monoisotopic (exact) mass is 408 g/mol. The smallest absolute Gasteiger partial charge is 0.235 e. The van der Waals surface area contributed by atoms with E-state index in [1.165, 1.54) is 17.3 Å². The van der Waals surface area contributed by atoms with Gasteiger partial charge in [-0.25, -0.2) is 13.4 Å². The van der Waals surface area contributed by atoms with Gasteiger partial charge in [0.1, 0.15) is 0 Å². The summed E-state index contributed by atoms with van der Waals surface area (Å²) in [6.07, 6.45) is 1.48. The number of carbonyl (C=O) groups is 1. The van der Waals surface area contributed by atoms with Gasteiger partial charge >= 0.3 is 0 Å². The molecule has 2 aromatic rings. The van der Waals surface area contributed by atoms with Crippen molar-refractivity contribution in [2.75, 3.05) is 18.6 Å². The summed E-state index contributed by atoms with van der Waals surface area (Å²) in [5, 5.41) is 7.21. The molecule has 0 radical (unpaired) electrons. The quantitative estimate of drug-likeness (QED) is 0.736. The topological polar surface area (TPSA) is 96.0 Å². The second-order valence-corrected chi connectivity index (χ2v) is 10.3. The number of nitrogens with zero attached hydrogens (tertiary/aromatic N) is 3. The summed E-state index contributed by atoms with van der Waals surface area (Å²) in [7, 11) is -1.35. The van der Waals surface area contributed by atoms with Crippen LogP contribution < -0.4 is 0 Å². The Kier molecular flexibility index (Phi) is 5.90. The summed E-state index contributed by atoms with van der Waals surface area (Å²) in [6.45, 7) is 3.90. The lowest BCUT2D eigenvalue weighted by Crippen LogP contribution is -2.41. The molecule has 3 rings (SSSR count). The fraction of sp³-hybridized carbons (Fsp3) is 0.500. The van der Waals surface area contributed by atoms with Gasteiger partial charge in [-0.2, -0.15) is 0 Å². The van der Waals surface area contributed by atoms with Gasteiger partial charge in [-0.1, -0.05) is 43.0 Å². The Balaban J connectivity index is 1.63. The van der Waals surface area contributed by atoms with Gasteiger partial charge in [-0.3, -0.25) is 9.89 Å². The highest BCUT2D eigenvalue weighted by atomic mass is 32.2. The first-order valence-electron chi connectivity index (χ1n) is 8.94. The number of nitrogens with one attached hydrogen (secondary N) is 1. The van der Waals surface area contributed by atoms with Crippen molar-refractivity contribution in [1.82, 2.24) is 20.1 Å². The third kappa shape index (κ3) is 4.70. The molecule has 0 saturated carbocycles. The first-order chi connectivity index (χ1) is 12.8. The number of hydrogen-bond acceptors (Lipinski definition) is 6. The lowest BCUT2D eigenvalue weighted by Gasteiger charge is -2.25. The number of H-pyrrole nitrogens is 1. The number of rotatable bonds is 6. The van der Waals surface area contributed by atoms with Crippen LogP contribution in [-0.2, 0) is 21.1 Å². The predicted octanol–water partition coefficient (Wildman–Crippen LogP) is 2.16. The largest absolute Gasteiger partial charge is 0.341 e. The number of amides is 1. The van der Waals surface area contributed by atoms with Gasteiger partial charge in [0, 0.05) is 18.7 Å². The number of carbonyl (C=O) groups excluding carboxylic acids is 1. The van der Waals surface area contributed by atoms with E-state index in [1.54, 1.807) is 18.9 Å². The highest BCUT2D eigenvalue weighted by molar-refractivity contribution is 8.00. The summed E-state index contributed by atoms with van der Waals surface area (Å²) in [5.74, 6) is 0.749. The molecule has 1 fully saturated rings. The maximum absolute atomic E-state index is 12.6. The molecule has 1 aliphatic rings. The van der Waals surface area contributed by atoms with Gasteiger partial charge in [-0.15, -0.1) is 5.10 Å². The third-order valence-electron chi connectivity index (χ3n) is 4.83. The van der Waals surface area contributed by atoms with Crippen LogP contribution in [0.25, 0.3) is 11.4 Å². The summed E-state index contributed by atoms with van der Waals surface area (Å²) in [6, 6.07) is 7.86. The zero-order valence-electron chi connectivity index (χ0n) is 15.7. The fourth-order valence-electron chi connectivity index (χ4n) is 3.08. The Morgan fingerprint density at radius 1 is 1.37 bits per heavy atom. The summed E-state index contributed by atoms with van der Waals surface area (Å²) in [5.41, 5.74) is 2.20. The number of thioether (sulfide) groups is 1. The molecule has 0 aliphatic carbocycles.